The monoisotopic (exact) mass is 480 g/mol. The van der Waals surface area contributed by atoms with Crippen LogP contribution in [0.15, 0.2) is 53.3 Å². The summed E-state index contributed by atoms with van der Waals surface area (Å²) in [6, 6.07) is 13.0. The number of halogens is 1. The fraction of sp³-hybridized carbons (Fsp3) is 0.385. The highest BCUT2D eigenvalue weighted by Gasteiger charge is 2.23. The van der Waals surface area contributed by atoms with E-state index in [1.165, 1.54) is 16.8 Å². The second kappa shape index (κ2) is 10.4. The lowest BCUT2D eigenvalue weighted by atomic mass is 10.0. The van der Waals surface area contributed by atoms with Gasteiger partial charge in [0, 0.05) is 44.5 Å². The van der Waals surface area contributed by atoms with Gasteiger partial charge in [0.25, 0.3) is 5.56 Å². The second-order valence-corrected chi connectivity index (χ2v) is 8.88. The van der Waals surface area contributed by atoms with Crippen LogP contribution in [-0.4, -0.2) is 53.0 Å². The van der Waals surface area contributed by atoms with Gasteiger partial charge in [-0.25, -0.2) is 13.9 Å². The van der Waals surface area contributed by atoms with Gasteiger partial charge in [0.2, 0.25) is 0 Å². The number of hydrogen-bond donors (Lipinski definition) is 2. The van der Waals surface area contributed by atoms with Crippen molar-refractivity contribution in [2.75, 3.05) is 42.9 Å². The highest BCUT2D eigenvalue weighted by atomic mass is 19.1. The molecule has 2 N–H and O–H groups in total. The molecule has 2 heterocycles. The van der Waals surface area contributed by atoms with Crippen LogP contribution in [0.3, 0.4) is 0 Å². The van der Waals surface area contributed by atoms with Crippen LogP contribution in [0.1, 0.15) is 31.1 Å². The molecule has 0 unspecified atom stereocenters. The molecule has 0 radical (unpaired) electrons. The molecular weight excluding hydrogens is 447 g/mol. The third-order valence-electron chi connectivity index (χ3n) is 6.76. The number of carbonyl (C=O) groups excluding carboxylic acids is 1. The Morgan fingerprint density at radius 2 is 1.77 bits per heavy atom. The number of rotatable bonds is 6. The van der Waals surface area contributed by atoms with Gasteiger partial charge >= 0.3 is 6.03 Å². The predicted molar refractivity (Wildman–Crippen MR) is 137 cm³/mol. The molecule has 1 aliphatic heterocycles. The molecule has 0 saturated carbocycles. The summed E-state index contributed by atoms with van der Waals surface area (Å²) in [6.45, 7) is 10.3. The predicted octanol–water partition coefficient (Wildman–Crippen LogP) is 3.65. The summed E-state index contributed by atoms with van der Waals surface area (Å²) in [5.74, 6) is -0.352. The van der Waals surface area contributed by atoms with Crippen molar-refractivity contribution in [2.45, 2.75) is 26.8 Å². The number of para-hydroxylation sites is 1. The number of benzene rings is 2. The Kier molecular flexibility index (Phi) is 7.25. The molecule has 3 aromatic rings. The Hall–Kier alpha value is -3.59. The topological polar surface area (TPSA) is 74.5 Å². The maximum Gasteiger partial charge on any atom is 0.319 e. The lowest BCUT2D eigenvalue weighted by Crippen LogP contribution is -2.46. The smallest absolute Gasteiger partial charge is 0.319 e. The number of likely N-dealkylation sites (N-methyl/N-ethyl adjacent to an activating group) is 1. The van der Waals surface area contributed by atoms with Crippen LogP contribution in [0.4, 0.5) is 20.6 Å². The first-order valence-electron chi connectivity index (χ1n) is 12.0. The highest BCUT2D eigenvalue weighted by molar-refractivity contribution is 5.90. The summed E-state index contributed by atoms with van der Waals surface area (Å²) >= 11 is 0. The van der Waals surface area contributed by atoms with E-state index in [0.717, 1.165) is 38.4 Å². The Bertz CT molecular complexity index is 1240. The summed E-state index contributed by atoms with van der Waals surface area (Å²) < 4.78 is 17.4. The second-order valence-electron chi connectivity index (χ2n) is 8.88. The first-order valence-corrected chi connectivity index (χ1v) is 12.0. The van der Waals surface area contributed by atoms with Gasteiger partial charge in [0.05, 0.1) is 17.4 Å². The Balaban J connectivity index is 1.52. The third-order valence-corrected chi connectivity index (χ3v) is 6.76. The van der Waals surface area contributed by atoms with Crippen LogP contribution >= 0.6 is 0 Å². The van der Waals surface area contributed by atoms with E-state index in [0.29, 0.717) is 16.9 Å². The number of nitrogens with one attached hydrogen (secondary N) is 2. The van der Waals surface area contributed by atoms with Gasteiger partial charge in [0.1, 0.15) is 11.5 Å². The number of nitrogens with zero attached hydrogens (tertiary/aromatic N) is 4. The number of hydrogen-bond acceptors (Lipinski definition) is 4. The Morgan fingerprint density at radius 3 is 2.43 bits per heavy atom. The van der Waals surface area contributed by atoms with Crippen molar-refractivity contribution >= 4 is 17.4 Å². The van der Waals surface area contributed by atoms with Crippen molar-refractivity contribution in [3.8, 4) is 5.69 Å². The molecule has 0 bridgehead atoms. The van der Waals surface area contributed by atoms with E-state index in [-0.39, 0.29) is 17.1 Å². The summed E-state index contributed by atoms with van der Waals surface area (Å²) in [5.41, 5.74) is 2.84. The zero-order chi connectivity index (χ0) is 25.1. The third kappa shape index (κ3) is 5.09. The van der Waals surface area contributed by atoms with E-state index < -0.39 is 12.1 Å². The molecule has 186 valence electrons. The van der Waals surface area contributed by atoms with Crippen molar-refractivity contribution < 1.29 is 9.18 Å². The molecule has 35 heavy (non-hydrogen) atoms. The van der Waals surface area contributed by atoms with Crippen molar-refractivity contribution in [3.63, 3.8) is 0 Å². The van der Waals surface area contributed by atoms with Crippen LogP contribution < -0.4 is 21.1 Å². The van der Waals surface area contributed by atoms with E-state index >= 15 is 0 Å². The molecule has 1 saturated heterocycles. The molecule has 0 aliphatic carbocycles. The molecule has 1 atom stereocenters. The Morgan fingerprint density at radius 1 is 1.09 bits per heavy atom. The van der Waals surface area contributed by atoms with Gasteiger partial charge in [-0.3, -0.25) is 9.48 Å². The minimum Gasteiger partial charge on any atom is -0.369 e. The van der Waals surface area contributed by atoms with E-state index in [9.17, 15) is 14.0 Å². The molecule has 1 aromatic heterocycles. The van der Waals surface area contributed by atoms with E-state index in [2.05, 4.69) is 27.4 Å². The van der Waals surface area contributed by atoms with Gasteiger partial charge in [-0.2, -0.15) is 0 Å². The van der Waals surface area contributed by atoms with Gasteiger partial charge in [-0.1, -0.05) is 25.1 Å². The number of piperazine rings is 1. The maximum atomic E-state index is 14.2. The number of anilines is 2. The average Bonchev–Trinajstić information content (AvgIpc) is 3.07. The fourth-order valence-electron chi connectivity index (χ4n) is 4.60. The molecule has 2 aromatic carbocycles. The van der Waals surface area contributed by atoms with Gasteiger partial charge in [-0.15, -0.1) is 0 Å². The van der Waals surface area contributed by atoms with Gasteiger partial charge in [-0.05, 0) is 50.7 Å². The molecule has 9 heteroatoms. The van der Waals surface area contributed by atoms with Crippen molar-refractivity contribution in [2.24, 2.45) is 7.05 Å². The first-order chi connectivity index (χ1) is 16.8. The number of urea groups is 1. The molecule has 2 amide bonds. The maximum absolute atomic E-state index is 14.2. The lowest BCUT2D eigenvalue weighted by Gasteiger charge is -2.37. The Labute approximate surface area is 204 Å². The fourth-order valence-corrected chi connectivity index (χ4v) is 4.60. The normalized spacial score (nSPS) is 15.2. The zero-order valence-corrected chi connectivity index (χ0v) is 20.7. The summed E-state index contributed by atoms with van der Waals surface area (Å²) in [7, 11) is 1.77. The van der Waals surface area contributed by atoms with E-state index in [1.807, 2.05) is 37.3 Å². The standard InChI is InChI=1S/C26H33FN6O2/c1-5-31-13-15-32(16-14-31)23-12-11-20(27)17-22(23)18(2)28-26(35)29-24-19(3)30(4)33(25(24)34)21-9-7-6-8-10-21/h6-12,17-18H,5,13-16H2,1-4H3,(H2,28,29,35)/t18-/m0/s1. The molecular formula is C26H33FN6O2. The van der Waals surface area contributed by atoms with Crippen molar-refractivity contribution in [1.82, 2.24) is 19.6 Å². The van der Waals surface area contributed by atoms with Crippen LogP contribution in [0, 0.1) is 12.7 Å². The number of aromatic nitrogens is 2. The van der Waals surface area contributed by atoms with Gasteiger partial charge in [0.15, 0.2) is 0 Å². The van der Waals surface area contributed by atoms with Crippen LogP contribution in [0.5, 0.6) is 0 Å². The SMILES string of the molecule is CCN1CCN(c2ccc(F)cc2[C@H](C)NC(=O)Nc2c(C)n(C)n(-c3ccccc3)c2=O)CC1. The zero-order valence-electron chi connectivity index (χ0n) is 20.7. The van der Waals surface area contributed by atoms with Crippen molar-refractivity contribution in [3.05, 3.63) is 76.0 Å². The average molecular weight is 481 g/mol. The quantitative estimate of drug-likeness (QED) is 0.565. The number of amides is 2. The molecule has 0 spiro atoms. The molecule has 4 rings (SSSR count). The summed E-state index contributed by atoms with van der Waals surface area (Å²) in [4.78, 5) is 30.6. The number of carbonyl (C=O) groups is 1. The minimum absolute atomic E-state index is 0.205. The van der Waals surface area contributed by atoms with Gasteiger partial charge < -0.3 is 20.4 Å². The van der Waals surface area contributed by atoms with E-state index in [4.69, 9.17) is 0 Å². The molecule has 1 aliphatic rings. The van der Waals surface area contributed by atoms with Crippen molar-refractivity contribution in [1.29, 1.82) is 0 Å². The minimum atomic E-state index is -0.519. The first kappa shape index (κ1) is 24.5. The van der Waals surface area contributed by atoms with Crippen LogP contribution in [-0.2, 0) is 7.05 Å². The summed E-state index contributed by atoms with van der Waals surface area (Å²) in [6.07, 6.45) is 0. The van der Waals surface area contributed by atoms with Crippen LogP contribution in [0.2, 0.25) is 0 Å². The highest BCUT2D eigenvalue weighted by Crippen LogP contribution is 2.28. The van der Waals surface area contributed by atoms with Crippen LogP contribution in [0.25, 0.3) is 5.69 Å². The molecule has 1 fully saturated rings. The summed E-state index contributed by atoms with van der Waals surface area (Å²) in [5, 5.41) is 5.60. The molecule has 8 nitrogen and oxygen atoms in total. The van der Waals surface area contributed by atoms with E-state index in [1.54, 1.807) is 24.7 Å². The lowest BCUT2D eigenvalue weighted by molar-refractivity contribution is 0.249. The largest absolute Gasteiger partial charge is 0.369 e.